The number of carbonyl (C=O) groups is 1. The number of carbonyl (C=O) groups excluding carboxylic acids is 1. The molecule has 0 fully saturated rings. The minimum atomic E-state index is -0.211. The van der Waals surface area contributed by atoms with Gasteiger partial charge in [0.25, 0.3) is 5.91 Å². The zero-order chi connectivity index (χ0) is 24.9. The van der Waals surface area contributed by atoms with Crippen molar-refractivity contribution >= 4 is 38.4 Å². The van der Waals surface area contributed by atoms with E-state index in [1.807, 2.05) is 50.6 Å². The molecule has 0 saturated carbocycles. The standard InChI is InChI=1S/C27H29N3O5/c1-27(2,30(3)4)13-29-26(31)19-7-15-18-10-24-25(35-14-34-24)11-21(18)28-12-20(15)17-9-23(33-6)22(32-5)8-16(17)19/h7-12H,13-14H2,1-6H3,(H,29,31). The third-order valence-electron chi connectivity index (χ3n) is 6.93. The van der Waals surface area contributed by atoms with E-state index >= 15 is 0 Å². The van der Waals surface area contributed by atoms with Crippen LogP contribution in [0.1, 0.15) is 24.2 Å². The van der Waals surface area contributed by atoms with Gasteiger partial charge in [-0.1, -0.05) is 0 Å². The van der Waals surface area contributed by atoms with Crippen LogP contribution >= 0.6 is 0 Å². The van der Waals surface area contributed by atoms with Gasteiger partial charge in [-0.05, 0) is 68.4 Å². The number of fused-ring (bicyclic) bond motifs is 6. The van der Waals surface area contributed by atoms with Gasteiger partial charge in [0.05, 0.1) is 19.7 Å². The number of hydrogen-bond donors (Lipinski definition) is 1. The fourth-order valence-electron chi connectivity index (χ4n) is 4.26. The summed E-state index contributed by atoms with van der Waals surface area (Å²) in [6, 6.07) is 9.47. The summed E-state index contributed by atoms with van der Waals surface area (Å²) in [4.78, 5) is 20.4. The van der Waals surface area contributed by atoms with Crippen molar-refractivity contribution in [3.63, 3.8) is 0 Å². The zero-order valence-electron chi connectivity index (χ0n) is 20.8. The lowest BCUT2D eigenvalue weighted by molar-refractivity contribution is 0.0921. The van der Waals surface area contributed by atoms with Crippen molar-refractivity contribution in [2.24, 2.45) is 0 Å². The summed E-state index contributed by atoms with van der Waals surface area (Å²) in [6.45, 7) is 4.84. The topological polar surface area (TPSA) is 82.2 Å². The highest BCUT2D eigenvalue weighted by molar-refractivity contribution is 6.22. The first-order chi connectivity index (χ1) is 16.7. The van der Waals surface area contributed by atoms with Gasteiger partial charge < -0.3 is 29.2 Å². The second-order valence-corrected chi connectivity index (χ2v) is 9.51. The van der Waals surface area contributed by atoms with Gasteiger partial charge in [0.2, 0.25) is 6.79 Å². The maximum atomic E-state index is 13.6. The van der Waals surface area contributed by atoms with E-state index in [0.717, 1.165) is 32.4 Å². The molecule has 0 radical (unpaired) electrons. The van der Waals surface area contributed by atoms with E-state index in [1.54, 1.807) is 14.2 Å². The quantitative estimate of drug-likeness (QED) is 0.415. The van der Waals surface area contributed by atoms with Crippen molar-refractivity contribution in [1.82, 2.24) is 15.2 Å². The molecule has 182 valence electrons. The molecule has 4 aromatic rings. The van der Waals surface area contributed by atoms with Crippen LogP contribution in [-0.4, -0.2) is 63.0 Å². The molecule has 0 spiro atoms. The number of nitrogens with one attached hydrogen (secondary N) is 1. The molecule has 0 saturated heterocycles. The molecule has 0 unspecified atom stereocenters. The van der Waals surface area contributed by atoms with Crippen LogP contribution in [0.3, 0.4) is 0 Å². The fourth-order valence-corrected chi connectivity index (χ4v) is 4.26. The van der Waals surface area contributed by atoms with Gasteiger partial charge in [-0.2, -0.15) is 0 Å². The number of hydrogen-bond acceptors (Lipinski definition) is 7. The van der Waals surface area contributed by atoms with E-state index in [4.69, 9.17) is 18.9 Å². The van der Waals surface area contributed by atoms with Gasteiger partial charge in [-0.3, -0.25) is 9.78 Å². The Morgan fingerprint density at radius 1 is 0.943 bits per heavy atom. The van der Waals surface area contributed by atoms with Crippen molar-refractivity contribution in [3.8, 4) is 23.0 Å². The van der Waals surface area contributed by atoms with Crippen LogP contribution < -0.4 is 24.3 Å². The SMILES string of the molecule is COc1cc2c(C(=O)NCC(C)(C)N(C)C)cc3c4cc5c(cc4ncc3c2cc1OC)OCO5. The minimum absolute atomic E-state index is 0.162. The molecule has 1 aliphatic rings. The van der Waals surface area contributed by atoms with E-state index < -0.39 is 0 Å². The molecule has 2 heterocycles. The largest absolute Gasteiger partial charge is 0.493 e. The summed E-state index contributed by atoms with van der Waals surface area (Å²) in [7, 11) is 7.18. The number of methoxy groups -OCH3 is 2. The molecule has 1 aliphatic heterocycles. The Morgan fingerprint density at radius 2 is 1.57 bits per heavy atom. The monoisotopic (exact) mass is 475 g/mol. The third-order valence-corrected chi connectivity index (χ3v) is 6.93. The van der Waals surface area contributed by atoms with Gasteiger partial charge in [0, 0.05) is 40.7 Å². The van der Waals surface area contributed by atoms with Crippen molar-refractivity contribution in [1.29, 1.82) is 0 Å². The normalized spacial score (nSPS) is 13.1. The number of nitrogens with zero attached hydrogens (tertiary/aromatic N) is 2. The maximum Gasteiger partial charge on any atom is 0.252 e. The lowest BCUT2D eigenvalue weighted by Crippen LogP contribution is -2.48. The highest BCUT2D eigenvalue weighted by Gasteiger charge is 2.24. The second kappa shape index (κ2) is 8.46. The summed E-state index contributed by atoms with van der Waals surface area (Å²) >= 11 is 0. The highest BCUT2D eigenvalue weighted by atomic mass is 16.7. The molecular formula is C27H29N3O5. The average molecular weight is 476 g/mol. The summed E-state index contributed by atoms with van der Waals surface area (Å²) < 4.78 is 22.3. The molecule has 0 atom stereocenters. The van der Waals surface area contributed by atoms with E-state index in [-0.39, 0.29) is 18.2 Å². The Kier molecular flexibility index (Phi) is 5.56. The van der Waals surface area contributed by atoms with E-state index in [0.29, 0.717) is 35.1 Å². The molecule has 0 aliphatic carbocycles. The average Bonchev–Trinajstić information content (AvgIpc) is 3.31. The first-order valence-corrected chi connectivity index (χ1v) is 11.4. The Balaban J connectivity index is 1.77. The number of pyridine rings is 1. The number of aromatic nitrogens is 1. The Bertz CT molecular complexity index is 1480. The number of benzene rings is 3. The Morgan fingerprint density at radius 3 is 2.23 bits per heavy atom. The summed E-state index contributed by atoms with van der Waals surface area (Å²) in [5.74, 6) is 2.31. The summed E-state index contributed by atoms with van der Waals surface area (Å²) in [5, 5.41) is 7.41. The van der Waals surface area contributed by atoms with Crippen LogP contribution in [0.4, 0.5) is 0 Å². The number of amides is 1. The smallest absolute Gasteiger partial charge is 0.252 e. The predicted molar refractivity (Wildman–Crippen MR) is 136 cm³/mol. The van der Waals surface area contributed by atoms with Gasteiger partial charge in [0.1, 0.15) is 0 Å². The maximum absolute atomic E-state index is 13.6. The van der Waals surface area contributed by atoms with Crippen molar-refractivity contribution in [3.05, 3.63) is 42.1 Å². The van der Waals surface area contributed by atoms with Crippen molar-refractivity contribution in [2.45, 2.75) is 19.4 Å². The molecular weight excluding hydrogens is 446 g/mol. The molecule has 5 rings (SSSR count). The van der Waals surface area contributed by atoms with E-state index in [9.17, 15) is 4.79 Å². The molecule has 3 aromatic carbocycles. The second-order valence-electron chi connectivity index (χ2n) is 9.51. The van der Waals surface area contributed by atoms with Gasteiger partial charge in [-0.15, -0.1) is 0 Å². The van der Waals surface area contributed by atoms with Crippen LogP contribution in [0.2, 0.25) is 0 Å². The third kappa shape index (κ3) is 3.83. The Hall–Kier alpha value is -3.78. The van der Waals surface area contributed by atoms with E-state index in [2.05, 4.69) is 29.0 Å². The summed E-state index contributed by atoms with van der Waals surface area (Å²) in [6.07, 6.45) is 1.82. The van der Waals surface area contributed by atoms with Crippen molar-refractivity contribution in [2.75, 3.05) is 41.7 Å². The highest BCUT2D eigenvalue weighted by Crippen LogP contribution is 2.42. The first kappa shape index (κ1) is 23.0. The number of ether oxygens (including phenoxy) is 4. The fraction of sp³-hybridized carbons (Fsp3) is 0.333. The molecule has 1 aromatic heterocycles. The molecule has 0 bridgehead atoms. The Labute approximate surface area is 203 Å². The molecule has 8 heteroatoms. The van der Waals surface area contributed by atoms with Gasteiger partial charge >= 0.3 is 0 Å². The van der Waals surface area contributed by atoms with Crippen molar-refractivity contribution < 1.29 is 23.7 Å². The summed E-state index contributed by atoms with van der Waals surface area (Å²) in [5.41, 5.74) is 1.10. The van der Waals surface area contributed by atoms with Gasteiger partial charge in [0.15, 0.2) is 23.0 Å². The van der Waals surface area contributed by atoms with Crippen LogP contribution in [0.25, 0.3) is 32.4 Å². The van der Waals surface area contributed by atoms with E-state index in [1.165, 1.54) is 0 Å². The number of rotatable bonds is 6. The number of likely N-dealkylation sites (N-methyl/N-ethyl adjacent to an activating group) is 1. The lowest BCUT2D eigenvalue weighted by Gasteiger charge is -2.32. The molecule has 1 amide bonds. The molecule has 1 N–H and O–H groups in total. The predicted octanol–water partition coefficient (Wildman–Crippen LogP) is 4.36. The van der Waals surface area contributed by atoms with Crippen LogP contribution in [0.15, 0.2) is 36.5 Å². The molecule has 8 nitrogen and oxygen atoms in total. The van der Waals surface area contributed by atoms with Gasteiger partial charge in [-0.25, -0.2) is 0 Å². The van der Waals surface area contributed by atoms with Crippen LogP contribution in [0, 0.1) is 0 Å². The van der Waals surface area contributed by atoms with Crippen LogP contribution in [-0.2, 0) is 0 Å². The van der Waals surface area contributed by atoms with Crippen LogP contribution in [0.5, 0.6) is 23.0 Å². The minimum Gasteiger partial charge on any atom is -0.493 e. The first-order valence-electron chi connectivity index (χ1n) is 11.4. The zero-order valence-corrected chi connectivity index (χ0v) is 20.8. The lowest BCUT2D eigenvalue weighted by atomic mass is 9.94. The molecule has 35 heavy (non-hydrogen) atoms.